The molecule has 0 radical (unpaired) electrons. The van der Waals surface area contributed by atoms with Crippen molar-refractivity contribution < 1.29 is 9.59 Å². The molecule has 29 heavy (non-hydrogen) atoms. The Kier molecular flexibility index (Phi) is 6.82. The molecule has 154 valence electrons. The number of pyridine rings is 1. The summed E-state index contributed by atoms with van der Waals surface area (Å²) in [7, 11) is 3.89. The summed E-state index contributed by atoms with van der Waals surface area (Å²) >= 11 is 0. The molecular weight excluding hydrogens is 366 g/mol. The molecule has 2 aromatic rings. The third kappa shape index (κ3) is 5.54. The number of likely N-dealkylation sites (N-methyl/N-ethyl adjacent to an activating group) is 1. The van der Waals surface area contributed by atoms with E-state index in [1.807, 2.05) is 23.9 Å². The molecular formula is C22H29N5O2. The van der Waals surface area contributed by atoms with Crippen LogP contribution >= 0.6 is 0 Å². The number of hydrogen-bond acceptors (Lipinski definition) is 5. The number of hydrogen-bond donors (Lipinski definition) is 1. The fourth-order valence-electron chi connectivity index (χ4n) is 3.32. The third-order valence-corrected chi connectivity index (χ3v) is 4.98. The topological polar surface area (TPSA) is 68.8 Å². The van der Waals surface area contributed by atoms with E-state index in [9.17, 15) is 9.59 Å². The van der Waals surface area contributed by atoms with Crippen molar-refractivity contribution in [1.82, 2.24) is 20.1 Å². The lowest BCUT2D eigenvalue weighted by Gasteiger charge is -2.36. The molecule has 0 bridgehead atoms. The Balaban J connectivity index is 1.59. The molecule has 0 atom stereocenters. The van der Waals surface area contributed by atoms with Crippen molar-refractivity contribution >= 4 is 17.5 Å². The summed E-state index contributed by atoms with van der Waals surface area (Å²) < 4.78 is 0. The normalized spacial score (nSPS) is 14.2. The van der Waals surface area contributed by atoms with Crippen molar-refractivity contribution in [2.75, 3.05) is 58.3 Å². The number of piperazine rings is 1. The van der Waals surface area contributed by atoms with Gasteiger partial charge in [0.1, 0.15) is 11.4 Å². The number of carbonyl (C=O) groups excluding carboxylic acids is 2. The molecule has 7 nitrogen and oxygen atoms in total. The fraction of sp³-hybridized carbons (Fsp3) is 0.409. The van der Waals surface area contributed by atoms with Crippen LogP contribution < -0.4 is 10.2 Å². The first kappa shape index (κ1) is 20.8. The Bertz CT molecular complexity index is 860. The fourth-order valence-corrected chi connectivity index (χ4v) is 3.32. The van der Waals surface area contributed by atoms with Gasteiger partial charge in [-0.3, -0.25) is 9.59 Å². The van der Waals surface area contributed by atoms with Gasteiger partial charge in [0, 0.05) is 45.0 Å². The molecule has 2 heterocycles. The smallest absolute Gasteiger partial charge is 0.272 e. The van der Waals surface area contributed by atoms with E-state index < -0.39 is 0 Å². The molecule has 3 rings (SSSR count). The number of amides is 2. The first-order valence-electron chi connectivity index (χ1n) is 9.95. The minimum Gasteiger partial charge on any atom is -0.368 e. The molecule has 0 saturated carbocycles. The Hall–Kier alpha value is -2.93. The SMILES string of the molecule is Cc1cccc(N2CCN(C(=O)c3cccc(C(=O)NCCN(C)C)n3)CC2)c1. The summed E-state index contributed by atoms with van der Waals surface area (Å²) in [4.78, 5) is 35.6. The summed E-state index contributed by atoms with van der Waals surface area (Å²) in [5.74, 6) is -0.386. The van der Waals surface area contributed by atoms with Crippen LogP contribution in [0.1, 0.15) is 26.5 Å². The quantitative estimate of drug-likeness (QED) is 0.805. The Morgan fingerprint density at radius 2 is 1.72 bits per heavy atom. The van der Waals surface area contributed by atoms with E-state index in [1.54, 1.807) is 18.2 Å². The molecule has 1 N–H and O–H groups in total. The standard InChI is InChI=1S/C22H29N5O2/c1-17-6-4-7-18(16-17)26-12-14-27(15-13-26)22(29)20-9-5-8-19(24-20)21(28)23-10-11-25(2)3/h4-9,16H,10-15H2,1-3H3,(H,23,28). The number of aryl methyl sites for hydroxylation is 1. The van der Waals surface area contributed by atoms with Crippen molar-refractivity contribution in [3.05, 3.63) is 59.4 Å². The van der Waals surface area contributed by atoms with Gasteiger partial charge in [-0.2, -0.15) is 0 Å². The maximum Gasteiger partial charge on any atom is 0.272 e. The second-order valence-corrected chi connectivity index (χ2v) is 7.59. The van der Waals surface area contributed by atoms with Crippen LogP contribution in [-0.2, 0) is 0 Å². The molecule has 0 aliphatic carbocycles. The van der Waals surface area contributed by atoms with Crippen LogP contribution in [0.5, 0.6) is 0 Å². The minimum atomic E-state index is -0.259. The number of carbonyl (C=O) groups is 2. The predicted octanol–water partition coefficient (Wildman–Crippen LogP) is 1.64. The first-order chi connectivity index (χ1) is 13.9. The highest BCUT2D eigenvalue weighted by Gasteiger charge is 2.23. The number of benzene rings is 1. The molecule has 1 fully saturated rings. The maximum absolute atomic E-state index is 12.9. The van der Waals surface area contributed by atoms with E-state index in [0.717, 1.165) is 19.6 Å². The number of rotatable bonds is 6. The van der Waals surface area contributed by atoms with Crippen LogP contribution in [0.15, 0.2) is 42.5 Å². The van der Waals surface area contributed by atoms with Gasteiger partial charge < -0.3 is 20.0 Å². The van der Waals surface area contributed by atoms with E-state index in [2.05, 4.69) is 46.4 Å². The van der Waals surface area contributed by atoms with Gasteiger partial charge in [0.05, 0.1) is 0 Å². The van der Waals surface area contributed by atoms with Gasteiger partial charge in [-0.1, -0.05) is 18.2 Å². The van der Waals surface area contributed by atoms with E-state index >= 15 is 0 Å². The van der Waals surface area contributed by atoms with Gasteiger partial charge in [-0.05, 0) is 50.8 Å². The molecule has 1 aliphatic heterocycles. The van der Waals surface area contributed by atoms with E-state index in [0.29, 0.717) is 25.3 Å². The van der Waals surface area contributed by atoms with Gasteiger partial charge in [0.15, 0.2) is 0 Å². The predicted molar refractivity (Wildman–Crippen MR) is 114 cm³/mol. The molecule has 2 amide bonds. The zero-order valence-electron chi connectivity index (χ0n) is 17.4. The molecule has 1 saturated heterocycles. The van der Waals surface area contributed by atoms with Crippen molar-refractivity contribution in [1.29, 1.82) is 0 Å². The highest BCUT2D eigenvalue weighted by atomic mass is 16.2. The van der Waals surface area contributed by atoms with E-state index in [4.69, 9.17) is 0 Å². The molecule has 1 aromatic heterocycles. The second-order valence-electron chi connectivity index (χ2n) is 7.59. The average Bonchev–Trinajstić information content (AvgIpc) is 2.73. The number of aromatic nitrogens is 1. The lowest BCUT2D eigenvalue weighted by atomic mass is 10.2. The minimum absolute atomic E-state index is 0.128. The van der Waals surface area contributed by atoms with E-state index in [-0.39, 0.29) is 17.5 Å². The summed E-state index contributed by atoms with van der Waals surface area (Å²) in [5.41, 5.74) is 3.00. The third-order valence-electron chi connectivity index (χ3n) is 4.98. The molecule has 7 heteroatoms. The largest absolute Gasteiger partial charge is 0.368 e. The van der Waals surface area contributed by atoms with Crippen LogP contribution in [0.25, 0.3) is 0 Å². The number of nitrogens with one attached hydrogen (secondary N) is 1. The highest BCUT2D eigenvalue weighted by Crippen LogP contribution is 2.18. The summed E-state index contributed by atoms with van der Waals surface area (Å²) in [6.07, 6.45) is 0. The van der Waals surface area contributed by atoms with Crippen molar-refractivity contribution in [3.63, 3.8) is 0 Å². The Labute approximate surface area is 172 Å². The van der Waals surface area contributed by atoms with Crippen LogP contribution in [0.3, 0.4) is 0 Å². The summed E-state index contributed by atoms with van der Waals surface area (Å²) in [6, 6.07) is 13.4. The van der Waals surface area contributed by atoms with Crippen molar-refractivity contribution in [3.8, 4) is 0 Å². The average molecular weight is 396 g/mol. The highest BCUT2D eigenvalue weighted by molar-refractivity contribution is 5.96. The van der Waals surface area contributed by atoms with Crippen LogP contribution in [0.2, 0.25) is 0 Å². The summed E-state index contributed by atoms with van der Waals surface area (Å²) in [5, 5.41) is 2.83. The van der Waals surface area contributed by atoms with Crippen LogP contribution in [0, 0.1) is 6.92 Å². The molecule has 0 spiro atoms. The second kappa shape index (κ2) is 9.52. The van der Waals surface area contributed by atoms with Crippen LogP contribution in [-0.4, -0.2) is 80.0 Å². The maximum atomic E-state index is 12.9. The van der Waals surface area contributed by atoms with Crippen LogP contribution in [0.4, 0.5) is 5.69 Å². The van der Waals surface area contributed by atoms with Gasteiger partial charge in [0.2, 0.25) is 0 Å². The Morgan fingerprint density at radius 1 is 1.03 bits per heavy atom. The lowest BCUT2D eigenvalue weighted by molar-refractivity contribution is 0.0740. The number of nitrogens with zero attached hydrogens (tertiary/aromatic N) is 4. The number of anilines is 1. The lowest BCUT2D eigenvalue weighted by Crippen LogP contribution is -2.49. The van der Waals surface area contributed by atoms with Gasteiger partial charge in [0.25, 0.3) is 11.8 Å². The van der Waals surface area contributed by atoms with E-state index in [1.165, 1.54) is 11.3 Å². The van der Waals surface area contributed by atoms with Gasteiger partial charge in [-0.15, -0.1) is 0 Å². The zero-order chi connectivity index (χ0) is 20.8. The summed E-state index contributed by atoms with van der Waals surface area (Å²) in [6.45, 7) is 6.18. The first-order valence-corrected chi connectivity index (χ1v) is 9.95. The van der Waals surface area contributed by atoms with Gasteiger partial charge in [-0.25, -0.2) is 4.98 Å². The van der Waals surface area contributed by atoms with Gasteiger partial charge >= 0.3 is 0 Å². The molecule has 1 aromatic carbocycles. The molecule has 1 aliphatic rings. The molecule has 0 unspecified atom stereocenters. The Morgan fingerprint density at radius 3 is 2.41 bits per heavy atom. The zero-order valence-corrected chi connectivity index (χ0v) is 17.4. The van der Waals surface area contributed by atoms with Crippen molar-refractivity contribution in [2.24, 2.45) is 0 Å². The monoisotopic (exact) mass is 395 g/mol. The van der Waals surface area contributed by atoms with Crippen molar-refractivity contribution in [2.45, 2.75) is 6.92 Å².